The second-order valence-corrected chi connectivity index (χ2v) is 5.78. The molecule has 3 rings (SSSR count). The summed E-state index contributed by atoms with van der Waals surface area (Å²) in [6, 6.07) is 11.8. The minimum Gasteiger partial charge on any atom is -0.397 e. The van der Waals surface area contributed by atoms with Gasteiger partial charge in [-0.05, 0) is 36.4 Å². The van der Waals surface area contributed by atoms with Crippen molar-refractivity contribution in [1.29, 1.82) is 0 Å². The molecule has 3 aromatic rings. The third kappa shape index (κ3) is 4.05. The molecule has 8 heteroatoms. The zero-order valence-corrected chi connectivity index (χ0v) is 13.6. The SMILES string of the molecule is Nc1ccc(-c2ccc(C(F)(F)F)cc2)nc1-c1ccc(C(F)(F)F)cc1. The van der Waals surface area contributed by atoms with Gasteiger partial charge < -0.3 is 5.73 Å². The molecular formula is C19H12F6N2. The molecule has 140 valence electrons. The van der Waals surface area contributed by atoms with Crippen molar-refractivity contribution in [3.63, 3.8) is 0 Å². The maximum atomic E-state index is 12.7. The van der Waals surface area contributed by atoms with Crippen LogP contribution in [0, 0.1) is 0 Å². The third-order valence-corrected chi connectivity index (χ3v) is 3.92. The summed E-state index contributed by atoms with van der Waals surface area (Å²) < 4.78 is 76.0. The molecular weight excluding hydrogens is 370 g/mol. The van der Waals surface area contributed by atoms with E-state index >= 15 is 0 Å². The van der Waals surface area contributed by atoms with Crippen LogP contribution in [0.15, 0.2) is 60.7 Å². The van der Waals surface area contributed by atoms with E-state index in [0.29, 0.717) is 16.8 Å². The van der Waals surface area contributed by atoms with Crippen molar-refractivity contribution < 1.29 is 26.3 Å². The van der Waals surface area contributed by atoms with Gasteiger partial charge in [-0.2, -0.15) is 26.3 Å². The predicted octanol–water partition coefficient (Wildman–Crippen LogP) is 6.04. The van der Waals surface area contributed by atoms with Crippen LogP contribution in [0.25, 0.3) is 22.5 Å². The number of anilines is 1. The average Bonchev–Trinajstić information content (AvgIpc) is 2.61. The summed E-state index contributed by atoms with van der Waals surface area (Å²) in [7, 11) is 0. The Morgan fingerprint density at radius 3 is 1.48 bits per heavy atom. The maximum absolute atomic E-state index is 12.7. The molecule has 0 saturated carbocycles. The minimum absolute atomic E-state index is 0.241. The molecule has 1 aromatic heterocycles. The lowest BCUT2D eigenvalue weighted by Gasteiger charge is -2.11. The Morgan fingerprint density at radius 2 is 1.04 bits per heavy atom. The van der Waals surface area contributed by atoms with Gasteiger partial charge in [0.25, 0.3) is 0 Å². The first-order valence-electron chi connectivity index (χ1n) is 7.67. The predicted molar refractivity (Wildman–Crippen MR) is 89.5 cm³/mol. The van der Waals surface area contributed by atoms with Gasteiger partial charge in [0, 0.05) is 11.1 Å². The van der Waals surface area contributed by atoms with Crippen molar-refractivity contribution in [2.24, 2.45) is 0 Å². The highest BCUT2D eigenvalue weighted by Gasteiger charge is 2.31. The lowest BCUT2D eigenvalue weighted by molar-refractivity contribution is -0.138. The largest absolute Gasteiger partial charge is 0.416 e. The summed E-state index contributed by atoms with van der Waals surface area (Å²) in [5, 5.41) is 0. The van der Waals surface area contributed by atoms with Crippen molar-refractivity contribution in [1.82, 2.24) is 4.98 Å². The molecule has 0 aliphatic heterocycles. The smallest absolute Gasteiger partial charge is 0.397 e. The van der Waals surface area contributed by atoms with Gasteiger partial charge in [-0.15, -0.1) is 0 Å². The quantitative estimate of drug-likeness (QED) is 0.549. The van der Waals surface area contributed by atoms with Crippen LogP contribution in [0.3, 0.4) is 0 Å². The number of aromatic nitrogens is 1. The highest BCUT2D eigenvalue weighted by molar-refractivity contribution is 5.76. The fourth-order valence-electron chi connectivity index (χ4n) is 2.51. The fraction of sp³-hybridized carbons (Fsp3) is 0.105. The first-order chi connectivity index (χ1) is 12.6. The minimum atomic E-state index is -4.46. The molecule has 1 heterocycles. The molecule has 27 heavy (non-hydrogen) atoms. The van der Waals surface area contributed by atoms with Crippen LogP contribution >= 0.6 is 0 Å². The van der Waals surface area contributed by atoms with Crippen molar-refractivity contribution in [3.05, 3.63) is 71.8 Å². The second-order valence-electron chi connectivity index (χ2n) is 5.78. The normalized spacial score (nSPS) is 12.2. The number of alkyl halides is 6. The molecule has 0 amide bonds. The summed E-state index contributed by atoms with van der Waals surface area (Å²) in [4.78, 5) is 4.31. The van der Waals surface area contributed by atoms with E-state index in [1.165, 1.54) is 36.4 Å². The standard InChI is InChI=1S/C19H12F6N2/c20-18(21,22)13-5-1-11(2-6-13)16-10-9-15(26)17(27-16)12-3-7-14(8-4-12)19(23,24)25/h1-10H,26H2. The Morgan fingerprint density at radius 1 is 0.593 bits per heavy atom. The Kier molecular flexibility index (Phi) is 4.59. The van der Waals surface area contributed by atoms with E-state index in [4.69, 9.17) is 5.73 Å². The van der Waals surface area contributed by atoms with Crippen molar-refractivity contribution in [2.45, 2.75) is 12.4 Å². The highest BCUT2D eigenvalue weighted by atomic mass is 19.4. The monoisotopic (exact) mass is 382 g/mol. The number of hydrogen-bond donors (Lipinski definition) is 1. The summed E-state index contributed by atoms with van der Waals surface area (Å²) >= 11 is 0. The van der Waals surface area contributed by atoms with Crippen molar-refractivity contribution >= 4 is 5.69 Å². The molecule has 2 nitrogen and oxygen atoms in total. The van der Waals surface area contributed by atoms with Crippen LogP contribution in [0.4, 0.5) is 32.0 Å². The molecule has 2 aromatic carbocycles. The van der Waals surface area contributed by atoms with Crippen LogP contribution in [0.1, 0.15) is 11.1 Å². The molecule has 0 unspecified atom stereocenters. The molecule has 0 aliphatic carbocycles. The summed E-state index contributed by atoms with van der Waals surface area (Å²) in [5.74, 6) is 0. The number of pyridine rings is 1. The van der Waals surface area contributed by atoms with Gasteiger partial charge in [-0.3, -0.25) is 0 Å². The average molecular weight is 382 g/mol. The van der Waals surface area contributed by atoms with Crippen LogP contribution in [0.5, 0.6) is 0 Å². The van der Waals surface area contributed by atoms with Gasteiger partial charge >= 0.3 is 12.4 Å². The van der Waals surface area contributed by atoms with E-state index in [9.17, 15) is 26.3 Å². The second kappa shape index (κ2) is 6.61. The molecule has 0 atom stereocenters. The molecule has 0 bridgehead atoms. The summed E-state index contributed by atoms with van der Waals surface area (Å²) in [5.41, 5.74) is 5.92. The molecule has 0 aliphatic rings. The van der Waals surface area contributed by atoms with E-state index in [1.54, 1.807) is 0 Å². The van der Waals surface area contributed by atoms with Gasteiger partial charge in [-0.25, -0.2) is 4.98 Å². The zero-order chi connectivity index (χ0) is 19.8. The molecule has 0 radical (unpaired) electrons. The number of nitrogen functional groups attached to an aromatic ring is 1. The lowest BCUT2D eigenvalue weighted by atomic mass is 10.0. The topological polar surface area (TPSA) is 38.9 Å². The van der Waals surface area contributed by atoms with Gasteiger partial charge in [-0.1, -0.05) is 24.3 Å². The van der Waals surface area contributed by atoms with E-state index < -0.39 is 23.5 Å². The third-order valence-electron chi connectivity index (χ3n) is 3.92. The van der Waals surface area contributed by atoms with Crippen LogP contribution in [-0.2, 0) is 12.4 Å². The van der Waals surface area contributed by atoms with Gasteiger partial charge in [0.1, 0.15) is 0 Å². The summed E-state index contributed by atoms with van der Waals surface area (Å²) in [6.45, 7) is 0. The lowest BCUT2D eigenvalue weighted by Crippen LogP contribution is -2.04. The van der Waals surface area contributed by atoms with E-state index in [1.807, 2.05) is 0 Å². The van der Waals surface area contributed by atoms with E-state index in [-0.39, 0.29) is 11.4 Å². The first-order valence-corrected chi connectivity index (χ1v) is 7.67. The molecule has 0 fully saturated rings. The van der Waals surface area contributed by atoms with Gasteiger partial charge in [0.05, 0.1) is 28.2 Å². The van der Waals surface area contributed by atoms with Gasteiger partial charge in [0.15, 0.2) is 0 Å². The van der Waals surface area contributed by atoms with Crippen LogP contribution in [-0.4, -0.2) is 4.98 Å². The van der Waals surface area contributed by atoms with Crippen molar-refractivity contribution in [3.8, 4) is 22.5 Å². The van der Waals surface area contributed by atoms with Crippen LogP contribution < -0.4 is 5.73 Å². The van der Waals surface area contributed by atoms with Gasteiger partial charge in [0.2, 0.25) is 0 Å². The Hall–Kier alpha value is -3.03. The number of rotatable bonds is 2. The fourth-order valence-corrected chi connectivity index (χ4v) is 2.51. The Bertz CT molecular complexity index is 942. The van der Waals surface area contributed by atoms with Crippen LogP contribution in [0.2, 0.25) is 0 Å². The number of halogens is 6. The van der Waals surface area contributed by atoms with Crippen molar-refractivity contribution in [2.75, 3.05) is 5.73 Å². The zero-order valence-electron chi connectivity index (χ0n) is 13.6. The molecule has 2 N–H and O–H groups in total. The number of hydrogen-bond acceptors (Lipinski definition) is 2. The summed E-state index contributed by atoms with van der Waals surface area (Å²) in [6.07, 6.45) is -8.90. The molecule has 0 spiro atoms. The number of nitrogens with zero attached hydrogens (tertiary/aromatic N) is 1. The maximum Gasteiger partial charge on any atom is 0.416 e. The first kappa shape index (κ1) is 18.8. The number of nitrogens with two attached hydrogens (primary N) is 1. The number of benzene rings is 2. The van der Waals surface area contributed by atoms with E-state index in [2.05, 4.69) is 4.98 Å². The Balaban J connectivity index is 1.97. The molecule has 0 saturated heterocycles. The van der Waals surface area contributed by atoms with E-state index in [0.717, 1.165) is 24.3 Å². The highest BCUT2D eigenvalue weighted by Crippen LogP contribution is 2.34. The Labute approximate surface area is 150 Å².